The zero-order chi connectivity index (χ0) is 14.7. The van der Waals surface area contributed by atoms with Crippen molar-refractivity contribution in [3.05, 3.63) is 59.4 Å². The highest BCUT2D eigenvalue weighted by molar-refractivity contribution is 6.06. The average molecular weight is 275 g/mol. The van der Waals surface area contributed by atoms with E-state index in [1.54, 1.807) is 0 Å². The molecule has 6 heteroatoms. The van der Waals surface area contributed by atoms with Crippen molar-refractivity contribution in [1.82, 2.24) is 0 Å². The number of aromatic hydroxyl groups is 1. The van der Waals surface area contributed by atoms with Gasteiger partial charge < -0.3 is 15.5 Å². The molecule has 0 spiro atoms. The fourth-order valence-electron chi connectivity index (χ4n) is 1.66. The molecular formula is C14H10FNO4. The van der Waals surface area contributed by atoms with Gasteiger partial charge in [0.25, 0.3) is 5.91 Å². The topological polar surface area (TPSA) is 86.6 Å². The summed E-state index contributed by atoms with van der Waals surface area (Å²) in [5.74, 6) is -3.35. The molecule has 0 saturated carbocycles. The van der Waals surface area contributed by atoms with Crippen LogP contribution in [0.5, 0.6) is 5.75 Å². The van der Waals surface area contributed by atoms with Crippen molar-refractivity contribution in [2.24, 2.45) is 0 Å². The van der Waals surface area contributed by atoms with Gasteiger partial charge in [0, 0.05) is 5.69 Å². The Balaban J connectivity index is 2.28. The van der Waals surface area contributed by atoms with E-state index in [0.717, 1.165) is 6.07 Å². The second-order valence-corrected chi connectivity index (χ2v) is 3.97. The second kappa shape index (κ2) is 5.40. The molecule has 3 N–H and O–H groups in total. The molecule has 0 aliphatic carbocycles. The van der Waals surface area contributed by atoms with Crippen LogP contribution < -0.4 is 5.32 Å². The fraction of sp³-hybridized carbons (Fsp3) is 0. The van der Waals surface area contributed by atoms with Crippen LogP contribution in [0, 0.1) is 5.82 Å². The van der Waals surface area contributed by atoms with Crippen LogP contribution in [0.3, 0.4) is 0 Å². The number of amides is 1. The summed E-state index contributed by atoms with van der Waals surface area (Å²) < 4.78 is 13.5. The molecule has 2 rings (SSSR count). The van der Waals surface area contributed by atoms with E-state index < -0.39 is 29.0 Å². The second-order valence-electron chi connectivity index (χ2n) is 3.97. The maximum atomic E-state index is 13.5. The Morgan fingerprint density at radius 1 is 1.10 bits per heavy atom. The molecule has 0 aliphatic rings. The van der Waals surface area contributed by atoms with Gasteiger partial charge in [-0.25, -0.2) is 9.18 Å². The molecule has 0 heterocycles. The van der Waals surface area contributed by atoms with Gasteiger partial charge >= 0.3 is 5.97 Å². The molecule has 0 atom stereocenters. The van der Waals surface area contributed by atoms with Crippen molar-refractivity contribution < 1.29 is 24.2 Å². The molecule has 0 bridgehead atoms. The van der Waals surface area contributed by atoms with E-state index >= 15 is 0 Å². The molecule has 0 saturated heterocycles. The number of phenolic OH excluding ortho intramolecular Hbond substituents is 1. The molecule has 0 aromatic heterocycles. The number of carboxylic acids is 1. The normalized spacial score (nSPS) is 10.1. The molecular weight excluding hydrogens is 265 g/mol. The van der Waals surface area contributed by atoms with Gasteiger partial charge in [0.2, 0.25) is 0 Å². The van der Waals surface area contributed by atoms with Crippen molar-refractivity contribution in [1.29, 1.82) is 0 Å². The van der Waals surface area contributed by atoms with E-state index in [9.17, 15) is 19.1 Å². The molecule has 1 amide bonds. The number of hydrogen-bond donors (Lipinski definition) is 3. The third-order valence-electron chi connectivity index (χ3n) is 2.59. The van der Waals surface area contributed by atoms with Crippen LogP contribution in [-0.2, 0) is 0 Å². The Hall–Kier alpha value is -2.89. The van der Waals surface area contributed by atoms with Gasteiger partial charge in [0.1, 0.15) is 17.1 Å². The van der Waals surface area contributed by atoms with Crippen molar-refractivity contribution >= 4 is 17.6 Å². The lowest BCUT2D eigenvalue weighted by Gasteiger charge is -2.08. The van der Waals surface area contributed by atoms with Crippen LogP contribution in [0.4, 0.5) is 10.1 Å². The van der Waals surface area contributed by atoms with Crippen molar-refractivity contribution in [3.63, 3.8) is 0 Å². The highest BCUT2D eigenvalue weighted by Crippen LogP contribution is 2.21. The maximum absolute atomic E-state index is 13.5. The number of carbonyl (C=O) groups is 2. The first-order valence-electron chi connectivity index (χ1n) is 5.61. The fourth-order valence-corrected chi connectivity index (χ4v) is 1.66. The molecule has 0 unspecified atom stereocenters. The van der Waals surface area contributed by atoms with Crippen LogP contribution in [0.25, 0.3) is 0 Å². The Labute approximate surface area is 113 Å². The summed E-state index contributed by atoms with van der Waals surface area (Å²) in [5.41, 5.74) is -0.314. The lowest BCUT2D eigenvalue weighted by molar-refractivity contribution is 0.0696. The lowest BCUT2D eigenvalue weighted by Crippen LogP contribution is -2.14. The van der Waals surface area contributed by atoms with Gasteiger partial charge in [-0.2, -0.15) is 0 Å². The maximum Gasteiger partial charge on any atom is 0.335 e. The molecule has 0 fully saturated rings. The summed E-state index contributed by atoms with van der Waals surface area (Å²) >= 11 is 0. The molecule has 0 aliphatic heterocycles. The monoisotopic (exact) mass is 275 g/mol. The van der Waals surface area contributed by atoms with E-state index in [0.29, 0.717) is 0 Å². The highest BCUT2D eigenvalue weighted by Gasteiger charge is 2.16. The van der Waals surface area contributed by atoms with Crippen LogP contribution in [0.1, 0.15) is 20.7 Å². The number of rotatable bonds is 3. The summed E-state index contributed by atoms with van der Waals surface area (Å²) in [6.45, 7) is 0. The third-order valence-corrected chi connectivity index (χ3v) is 2.59. The van der Waals surface area contributed by atoms with E-state index in [-0.39, 0.29) is 11.3 Å². The molecule has 5 nitrogen and oxygen atoms in total. The molecule has 2 aromatic rings. The van der Waals surface area contributed by atoms with Crippen LogP contribution in [0.15, 0.2) is 42.5 Å². The molecule has 20 heavy (non-hydrogen) atoms. The number of carboxylic acid groups (broad SMARTS) is 1. The zero-order valence-corrected chi connectivity index (χ0v) is 10.1. The van der Waals surface area contributed by atoms with Crippen LogP contribution in [0.2, 0.25) is 0 Å². The van der Waals surface area contributed by atoms with Crippen LogP contribution in [-0.4, -0.2) is 22.1 Å². The van der Waals surface area contributed by atoms with E-state index in [1.807, 2.05) is 0 Å². The Morgan fingerprint density at radius 2 is 1.80 bits per heavy atom. The molecule has 2 aromatic carbocycles. The van der Waals surface area contributed by atoms with Crippen molar-refractivity contribution in [3.8, 4) is 5.75 Å². The largest absolute Gasteiger partial charge is 0.507 e. The number of carbonyl (C=O) groups excluding carboxylic acids is 1. The number of benzene rings is 2. The third kappa shape index (κ3) is 2.74. The van der Waals surface area contributed by atoms with Crippen molar-refractivity contribution in [2.45, 2.75) is 0 Å². The minimum Gasteiger partial charge on any atom is -0.507 e. The van der Waals surface area contributed by atoms with Crippen molar-refractivity contribution in [2.75, 3.05) is 5.32 Å². The van der Waals surface area contributed by atoms with E-state index in [4.69, 9.17) is 5.11 Å². The summed E-state index contributed by atoms with van der Waals surface area (Å²) in [6.07, 6.45) is 0. The summed E-state index contributed by atoms with van der Waals surface area (Å²) in [4.78, 5) is 22.7. The minimum absolute atomic E-state index is 0.0134. The number of halogens is 1. The molecule has 0 radical (unpaired) electrons. The van der Waals surface area contributed by atoms with Gasteiger partial charge in [0.15, 0.2) is 0 Å². The van der Waals surface area contributed by atoms with Crippen LogP contribution >= 0.6 is 0 Å². The summed E-state index contributed by atoms with van der Waals surface area (Å²) in [7, 11) is 0. The average Bonchev–Trinajstić information content (AvgIpc) is 2.38. The van der Waals surface area contributed by atoms with E-state index in [1.165, 1.54) is 36.4 Å². The number of phenols is 1. The highest BCUT2D eigenvalue weighted by atomic mass is 19.1. The minimum atomic E-state index is -1.14. The Morgan fingerprint density at radius 3 is 2.45 bits per heavy atom. The van der Waals surface area contributed by atoms with Gasteiger partial charge in [-0.05, 0) is 30.3 Å². The smallest absolute Gasteiger partial charge is 0.335 e. The Bertz CT molecular complexity index is 664. The number of nitrogens with one attached hydrogen (secondary N) is 1. The Kier molecular flexibility index (Phi) is 3.65. The van der Waals surface area contributed by atoms with Gasteiger partial charge in [-0.15, -0.1) is 0 Å². The van der Waals surface area contributed by atoms with Gasteiger partial charge in [0.05, 0.1) is 5.56 Å². The predicted octanol–water partition coefficient (Wildman–Crippen LogP) is 2.48. The quantitative estimate of drug-likeness (QED) is 0.803. The standard InChI is InChI=1S/C14H10FNO4/c15-10-5-2-6-11(17)12(10)13(18)16-9-4-1-3-8(7-9)14(19)20/h1-7,17H,(H,16,18)(H,19,20). The summed E-state index contributed by atoms with van der Waals surface area (Å²) in [6, 6.07) is 9.00. The zero-order valence-electron chi connectivity index (χ0n) is 10.1. The van der Waals surface area contributed by atoms with E-state index in [2.05, 4.69) is 5.32 Å². The predicted molar refractivity (Wildman–Crippen MR) is 69.4 cm³/mol. The summed E-state index contributed by atoms with van der Waals surface area (Å²) in [5, 5.41) is 20.7. The van der Waals surface area contributed by atoms with Gasteiger partial charge in [-0.1, -0.05) is 12.1 Å². The van der Waals surface area contributed by atoms with Gasteiger partial charge in [-0.3, -0.25) is 4.79 Å². The molecule has 102 valence electrons. The number of anilines is 1. The first-order valence-corrected chi connectivity index (χ1v) is 5.61. The number of aromatic carboxylic acids is 1. The first-order chi connectivity index (χ1) is 9.49. The SMILES string of the molecule is O=C(O)c1cccc(NC(=O)c2c(O)cccc2F)c1. The first kappa shape index (κ1) is 13.5. The number of hydrogen-bond acceptors (Lipinski definition) is 3. The lowest BCUT2D eigenvalue weighted by atomic mass is 10.1.